The van der Waals surface area contributed by atoms with Gasteiger partial charge in [-0.3, -0.25) is 0 Å². The van der Waals surface area contributed by atoms with E-state index in [4.69, 9.17) is 10.1 Å². The zero-order valence-corrected chi connectivity index (χ0v) is 16.3. The van der Waals surface area contributed by atoms with E-state index in [-0.39, 0.29) is 16.6 Å². The van der Waals surface area contributed by atoms with E-state index in [9.17, 15) is 13.4 Å². The standard InChI is InChI=1S/C19H23FN4O3S/c20-16-11-4-1-6-13(11)17(14-7-2-5-12(14)16)23-19(25)24-28(26)15(10-21)18-22-8-3-9-27-18/h10,21-22,28H,1-9H2,(H,23,25)/b18-15-,21-10?. The highest BCUT2D eigenvalue weighted by Crippen LogP contribution is 2.40. The number of hydrogen-bond donors (Lipinski definition) is 4. The molecule has 28 heavy (non-hydrogen) atoms. The molecule has 1 aromatic rings. The number of thiol groups is 1. The highest BCUT2D eigenvalue weighted by Gasteiger charge is 2.29. The van der Waals surface area contributed by atoms with E-state index in [1.165, 1.54) is 0 Å². The third-order valence-electron chi connectivity index (χ3n) is 5.41. The predicted octanol–water partition coefficient (Wildman–Crippen LogP) is 2.83. The van der Waals surface area contributed by atoms with Crippen LogP contribution in [0.1, 0.15) is 41.5 Å². The van der Waals surface area contributed by atoms with Gasteiger partial charge in [0, 0.05) is 18.4 Å². The van der Waals surface area contributed by atoms with Gasteiger partial charge in [0.1, 0.15) is 10.7 Å². The van der Waals surface area contributed by atoms with Gasteiger partial charge in [-0.05, 0) is 67.2 Å². The molecule has 3 aliphatic rings. The maximum atomic E-state index is 14.7. The molecule has 0 radical (unpaired) electrons. The number of anilines is 1. The average Bonchev–Trinajstić information content (AvgIpc) is 3.36. The summed E-state index contributed by atoms with van der Waals surface area (Å²) < 4.78 is 36.4. The summed E-state index contributed by atoms with van der Waals surface area (Å²) in [4.78, 5) is 12.6. The van der Waals surface area contributed by atoms with Crippen molar-refractivity contribution in [2.45, 2.75) is 44.9 Å². The molecule has 0 saturated carbocycles. The van der Waals surface area contributed by atoms with E-state index in [0.717, 1.165) is 49.4 Å². The third kappa shape index (κ3) is 3.39. The molecule has 1 atom stereocenters. The van der Waals surface area contributed by atoms with Crippen LogP contribution in [0.15, 0.2) is 15.2 Å². The first-order valence-corrected chi connectivity index (χ1v) is 10.8. The molecule has 0 aromatic heterocycles. The predicted molar refractivity (Wildman–Crippen MR) is 106 cm³/mol. The van der Waals surface area contributed by atoms with Crippen molar-refractivity contribution in [3.05, 3.63) is 38.9 Å². The number of fused-ring (bicyclic) bond motifs is 2. The quantitative estimate of drug-likeness (QED) is 0.458. The van der Waals surface area contributed by atoms with Gasteiger partial charge in [0.2, 0.25) is 5.88 Å². The highest BCUT2D eigenvalue weighted by atomic mass is 32.2. The van der Waals surface area contributed by atoms with Crippen molar-refractivity contribution < 1.29 is 18.1 Å². The Kier molecular flexibility index (Phi) is 5.34. The van der Waals surface area contributed by atoms with Crippen LogP contribution in [0.3, 0.4) is 0 Å². The summed E-state index contributed by atoms with van der Waals surface area (Å²) in [7, 11) is -2.48. The number of carbonyl (C=O) groups is 1. The van der Waals surface area contributed by atoms with Crippen molar-refractivity contribution in [3.63, 3.8) is 0 Å². The number of nitrogens with zero attached hydrogens (tertiary/aromatic N) is 1. The molecule has 7 nitrogen and oxygen atoms in total. The minimum atomic E-state index is -2.48. The Morgan fingerprint density at radius 2 is 1.79 bits per heavy atom. The number of ether oxygens (including phenoxy) is 1. The number of nitrogens with one attached hydrogen (secondary N) is 3. The second-order valence-electron chi connectivity index (χ2n) is 7.10. The molecule has 0 spiro atoms. The SMILES string of the molecule is N=CC(=C1\NCCCO1)/[SH](=O)=N\C(=O)Nc1c2c(c(F)c3c1CCC3)CCC2. The lowest BCUT2D eigenvalue weighted by Crippen LogP contribution is -2.26. The molecule has 1 aliphatic heterocycles. The van der Waals surface area contributed by atoms with Gasteiger partial charge >= 0.3 is 6.03 Å². The van der Waals surface area contributed by atoms with Crippen molar-refractivity contribution in [2.75, 3.05) is 18.5 Å². The van der Waals surface area contributed by atoms with E-state index >= 15 is 0 Å². The van der Waals surface area contributed by atoms with E-state index in [2.05, 4.69) is 15.0 Å². The van der Waals surface area contributed by atoms with E-state index < -0.39 is 16.6 Å². The third-order valence-corrected chi connectivity index (χ3v) is 6.52. The molecule has 1 saturated heterocycles. The second kappa shape index (κ2) is 7.90. The summed E-state index contributed by atoms with van der Waals surface area (Å²) in [6.45, 7) is 1.11. The number of benzene rings is 1. The number of rotatable bonds is 3. The summed E-state index contributed by atoms with van der Waals surface area (Å²) in [5.74, 6) is 0.125. The number of amides is 2. The van der Waals surface area contributed by atoms with Gasteiger partial charge in [0.25, 0.3) is 0 Å². The molecule has 1 heterocycles. The molecule has 0 bridgehead atoms. The van der Waals surface area contributed by atoms with Crippen LogP contribution < -0.4 is 10.6 Å². The Bertz CT molecular complexity index is 923. The van der Waals surface area contributed by atoms with Crippen molar-refractivity contribution in [3.8, 4) is 0 Å². The van der Waals surface area contributed by atoms with Crippen molar-refractivity contribution in [1.82, 2.24) is 5.32 Å². The zero-order valence-electron chi connectivity index (χ0n) is 15.4. The van der Waals surface area contributed by atoms with Crippen LogP contribution in [-0.2, 0) is 41.0 Å². The topological polar surface area (TPSA) is 104 Å². The molecule has 9 heteroatoms. The lowest BCUT2D eigenvalue weighted by atomic mass is 9.98. The van der Waals surface area contributed by atoms with Crippen molar-refractivity contribution in [1.29, 1.82) is 5.41 Å². The van der Waals surface area contributed by atoms with Crippen molar-refractivity contribution in [2.24, 2.45) is 4.36 Å². The van der Waals surface area contributed by atoms with Gasteiger partial charge in [0.05, 0.1) is 17.2 Å². The molecule has 2 amide bonds. The molecule has 1 unspecified atom stereocenters. The maximum absolute atomic E-state index is 14.7. The summed E-state index contributed by atoms with van der Waals surface area (Å²) >= 11 is 0. The van der Waals surface area contributed by atoms with Crippen LogP contribution in [0.4, 0.5) is 14.9 Å². The van der Waals surface area contributed by atoms with Gasteiger partial charge < -0.3 is 20.8 Å². The Hall–Kier alpha value is -2.42. The normalized spacial score (nSPS) is 20.6. The van der Waals surface area contributed by atoms with Gasteiger partial charge in [-0.1, -0.05) is 0 Å². The van der Waals surface area contributed by atoms with Gasteiger partial charge in [-0.25, -0.2) is 13.4 Å². The Morgan fingerprint density at radius 1 is 1.14 bits per heavy atom. The number of allylic oxidation sites excluding steroid dienone is 1. The average molecular weight is 406 g/mol. The summed E-state index contributed by atoms with van der Waals surface area (Å²) in [5, 5.41) is 13.2. The highest BCUT2D eigenvalue weighted by molar-refractivity contribution is 7.80. The van der Waals surface area contributed by atoms with Crippen molar-refractivity contribution >= 4 is 28.5 Å². The largest absolute Gasteiger partial charge is 0.478 e. The molecule has 1 fully saturated rings. The smallest absolute Gasteiger partial charge is 0.353 e. The summed E-state index contributed by atoms with van der Waals surface area (Å²) in [6, 6.07) is -0.744. The molecule has 150 valence electrons. The fraction of sp³-hybridized carbons (Fsp3) is 0.474. The fourth-order valence-corrected chi connectivity index (χ4v) is 4.93. The number of halogens is 1. The Balaban J connectivity index is 1.64. The lowest BCUT2D eigenvalue weighted by Gasteiger charge is -2.19. The lowest BCUT2D eigenvalue weighted by molar-refractivity contribution is 0.157. The summed E-state index contributed by atoms with van der Waals surface area (Å²) in [6.07, 6.45) is 6.21. The maximum Gasteiger partial charge on any atom is 0.353 e. The fourth-order valence-electron chi connectivity index (χ4n) is 4.18. The monoisotopic (exact) mass is 406 g/mol. The van der Waals surface area contributed by atoms with Crippen LogP contribution in [-0.4, -0.2) is 29.6 Å². The minimum absolute atomic E-state index is 0.0550. The van der Waals surface area contributed by atoms with E-state index in [1.54, 1.807) is 0 Å². The number of hydrogen-bond acceptors (Lipinski definition) is 5. The molecule has 1 aromatic carbocycles. The van der Waals surface area contributed by atoms with Gasteiger partial charge in [0.15, 0.2) is 0 Å². The molecule has 2 aliphatic carbocycles. The van der Waals surface area contributed by atoms with Crippen LogP contribution >= 0.6 is 0 Å². The van der Waals surface area contributed by atoms with Crippen LogP contribution in [0.5, 0.6) is 0 Å². The first kappa shape index (κ1) is 18.9. The van der Waals surface area contributed by atoms with Crippen LogP contribution in [0.2, 0.25) is 0 Å². The number of urea groups is 1. The molecular weight excluding hydrogens is 383 g/mol. The first-order valence-electron chi connectivity index (χ1n) is 9.56. The Labute approximate surface area is 164 Å². The molecular formula is C19H23FN4O3S. The van der Waals surface area contributed by atoms with E-state index in [0.29, 0.717) is 42.8 Å². The van der Waals surface area contributed by atoms with Crippen LogP contribution in [0.25, 0.3) is 0 Å². The van der Waals surface area contributed by atoms with Crippen LogP contribution in [0, 0.1) is 11.2 Å². The molecule has 4 rings (SSSR count). The van der Waals surface area contributed by atoms with Gasteiger partial charge in [-0.15, -0.1) is 4.36 Å². The zero-order chi connectivity index (χ0) is 19.7. The van der Waals surface area contributed by atoms with Gasteiger partial charge in [-0.2, -0.15) is 0 Å². The summed E-state index contributed by atoms with van der Waals surface area (Å²) in [5.41, 5.74) is 3.74. The minimum Gasteiger partial charge on any atom is -0.478 e. The number of carbonyl (C=O) groups excluding carboxylic acids is 1. The molecule has 3 N–H and O–H groups in total. The first-order chi connectivity index (χ1) is 13.6. The second-order valence-corrected chi connectivity index (χ2v) is 8.33. The Morgan fingerprint density at radius 3 is 2.36 bits per heavy atom. The van der Waals surface area contributed by atoms with E-state index in [1.807, 2.05) is 0 Å².